The van der Waals surface area contributed by atoms with Crippen LogP contribution in [0.4, 0.5) is 10.1 Å². The molecule has 0 aliphatic carbocycles. The fourth-order valence-electron chi connectivity index (χ4n) is 5.84. The molecule has 5 rings (SSSR count). The van der Waals surface area contributed by atoms with Crippen LogP contribution in [-0.2, 0) is 24.3 Å². The van der Waals surface area contributed by atoms with Crippen molar-refractivity contribution in [2.75, 3.05) is 31.1 Å². The van der Waals surface area contributed by atoms with Crippen LogP contribution in [0, 0.1) is 19.7 Å². The van der Waals surface area contributed by atoms with Crippen molar-refractivity contribution in [1.29, 1.82) is 0 Å². The Morgan fingerprint density at radius 2 is 1.42 bits per heavy atom. The third-order valence-electron chi connectivity index (χ3n) is 8.12. The molecule has 4 aromatic rings. The maximum atomic E-state index is 14.0. The summed E-state index contributed by atoms with van der Waals surface area (Å²) in [6, 6.07) is 30.3. The van der Waals surface area contributed by atoms with Crippen molar-refractivity contribution >= 4 is 17.5 Å². The minimum absolute atomic E-state index is 0.0689. The molecule has 5 nitrogen and oxygen atoms in total. The summed E-state index contributed by atoms with van der Waals surface area (Å²) < 4.78 is 13.7. The lowest BCUT2D eigenvalue weighted by atomic mass is 10.0. The van der Waals surface area contributed by atoms with Gasteiger partial charge < -0.3 is 9.80 Å². The Labute approximate surface area is 254 Å². The molecule has 0 radical (unpaired) electrons. The number of carbonyl (C=O) groups excluding carboxylic acids is 2. The molecule has 0 N–H and O–H groups in total. The number of benzene rings is 4. The molecule has 0 saturated heterocycles. The van der Waals surface area contributed by atoms with Gasteiger partial charge in [0.2, 0.25) is 5.91 Å². The molecule has 0 bridgehead atoms. The Balaban J connectivity index is 1.49. The van der Waals surface area contributed by atoms with E-state index in [1.54, 1.807) is 12.1 Å². The third kappa shape index (κ3) is 7.96. The Morgan fingerprint density at radius 1 is 0.721 bits per heavy atom. The number of nitrogens with zero attached hydrogens (tertiary/aromatic N) is 3. The Morgan fingerprint density at radius 3 is 2.14 bits per heavy atom. The van der Waals surface area contributed by atoms with E-state index in [1.807, 2.05) is 72.2 Å². The molecule has 0 aromatic heterocycles. The van der Waals surface area contributed by atoms with Gasteiger partial charge in [0.1, 0.15) is 5.82 Å². The van der Waals surface area contributed by atoms with Gasteiger partial charge in [-0.1, -0.05) is 78.4 Å². The molecule has 1 heterocycles. The third-order valence-corrected chi connectivity index (χ3v) is 8.12. The normalized spacial score (nSPS) is 14.9. The van der Waals surface area contributed by atoms with E-state index in [0.29, 0.717) is 31.6 Å². The van der Waals surface area contributed by atoms with Crippen molar-refractivity contribution in [3.63, 3.8) is 0 Å². The van der Waals surface area contributed by atoms with Gasteiger partial charge in [-0.15, -0.1) is 0 Å². The molecule has 0 spiro atoms. The highest BCUT2D eigenvalue weighted by Gasteiger charge is 2.25. The monoisotopic (exact) mass is 577 g/mol. The van der Waals surface area contributed by atoms with E-state index in [4.69, 9.17) is 0 Å². The largest absolute Gasteiger partial charge is 0.338 e. The molecule has 0 unspecified atom stereocenters. The number of anilines is 1. The van der Waals surface area contributed by atoms with Crippen LogP contribution in [-0.4, -0.2) is 47.8 Å². The van der Waals surface area contributed by atoms with E-state index in [0.717, 1.165) is 60.4 Å². The van der Waals surface area contributed by atoms with Crippen LogP contribution >= 0.6 is 0 Å². The van der Waals surface area contributed by atoms with E-state index in [-0.39, 0.29) is 17.6 Å². The van der Waals surface area contributed by atoms with Crippen LogP contribution in [0.25, 0.3) is 0 Å². The first-order valence-corrected chi connectivity index (χ1v) is 15.1. The lowest BCUT2D eigenvalue weighted by Crippen LogP contribution is -2.39. The molecule has 0 fully saturated rings. The molecule has 2 amide bonds. The first-order valence-electron chi connectivity index (χ1n) is 15.1. The summed E-state index contributed by atoms with van der Waals surface area (Å²) in [7, 11) is 0. The van der Waals surface area contributed by atoms with Crippen LogP contribution in [0.3, 0.4) is 0 Å². The van der Waals surface area contributed by atoms with Gasteiger partial charge in [0.15, 0.2) is 0 Å². The van der Waals surface area contributed by atoms with Crippen LogP contribution in [0.15, 0.2) is 97.1 Å². The molecule has 1 aliphatic heterocycles. The fraction of sp³-hybridized carbons (Fsp3) is 0.297. The molecule has 0 saturated carbocycles. The van der Waals surface area contributed by atoms with Crippen molar-refractivity contribution in [3.05, 3.63) is 136 Å². The van der Waals surface area contributed by atoms with Crippen LogP contribution in [0.2, 0.25) is 0 Å². The Hall–Kier alpha value is -4.29. The number of halogens is 1. The zero-order valence-electron chi connectivity index (χ0n) is 25.1. The zero-order valence-corrected chi connectivity index (χ0v) is 25.1. The van der Waals surface area contributed by atoms with Crippen molar-refractivity contribution in [2.24, 2.45) is 0 Å². The number of hydrogen-bond donors (Lipinski definition) is 0. The second kappa shape index (κ2) is 14.3. The molecule has 0 atom stereocenters. The first-order chi connectivity index (χ1) is 20.9. The summed E-state index contributed by atoms with van der Waals surface area (Å²) >= 11 is 0. The van der Waals surface area contributed by atoms with E-state index >= 15 is 0 Å². The summed E-state index contributed by atoms with van der Waals surface area (Å²) in [6.07, 6.45) is 1.96. The predicted molar refractivity (Wildman–Crippen MR) is 171 cm³/mol. The predicted octanol–water partition coefficient (Wildman–Crippen LogP) is 6.96. The van der Waals surface area contributed by atoms with Gasteiger partial charge in [-0.05, 0) is 73.2 Å². The highest BCUT2D eigenvalue weighted by atomic mass is 19.1. The number of para-hydroxylation sites is 1. The van der Waals surface area contributed by atoms with Crippen LogP contribution in [0.1, 0.15) is 51.0 Å². The van der Waals surface area contributed by atoms with Crippen molar-refractivity contribution < 1.29 is 14.0 Å². The van der Waals surface area contributed by atoms with Crippen molar-refractivity contribution in [2.45, 2.75) is 46.2 Å². The van der Waals surface area contributed by atoms with Crippen LogP contribution < -0.4 is 4.90 Å². The SMILES string of the molecule is Cc1ccc(CC(=O)N2CCCN(Cc3ccccc3)CCCN(C(=O)c3ccc(F)cc3)c3c(C)cccc3C2)cc1. The number of carbonyl (C=O) groups is 2. The number of aryl methyl sites for hydroxylation is 2. The van der Waals surface area contributed by atoms with Gasteiger partial charge in [0.25, 0.3) is 5.91 Å². The summed E-state index contributed by atoms with van der Waals surface area (Å²) in [5.41, 5.74) is 6.58. The average Bonchev–Trinajstić information content (AvgIpc) is 3.00. The topological polar surface area (TPSA) is 43.9 Å². The Bertz CT molecular complexity index is 1520. The molecular formula is C37H40FN3O2. The number of amides is 2. The second-order valence-electron chi connectivity index (χ2n) is 11.5. The van der Waals surface area contributed by atoms with Crippen LogP contribution in [0.5, 0.6) is 0 Å². The summed E-state index contributed by atoms with van der Waals surface area (Å²) in [5.74, 6) is -0.472. The molecule has 1 aliphatic rings. The number of fused-ring (bicyclic) bond motifs is 1. The first kappa shape index (κ1) is 30.2. The minimum Gasteiger partial charge on any atom is -0.338 e. The van der Waals surface area contributed by atoms with Gasteiger partial charge in [-0.25, -0.2) is 4.39 Å². The number of hydrogen-bond acceptors (Lipinski definition) is 3. The van der Waals surface area contributed by atoms with Gasteiger partial charge >= 0.3 is 0 Å². The maximum Gasteiger partial charge on any atom is 0.258 e. The van der Waals surface area contributed by atoms with E-state index < -0.39 is 0 Å². The molecule has 4 aromatic carbocycles. The number of rotatable bonds is 5. The summed E-state index contributed by atoms with van der Waals surface area (Å²) in [6.45, 7) is 8.05. The molecular weight excluding hydrogens is 537 g/mol. The van der Waals surface area contributed by atoms with Gasteiger partial charge in [-0.2, -0.15) is 0 Å². The lowest BCUT2D eigenvalue weighted by molar-refractivity contribution is -0.131. The maximum absolute atomic E-state index is 14.0. The van der Waals surface area contributed by atoms with E-state index in [9.17, 15) is 14.0 Å². The van der Waals surface area contributed by atoms with E-state index in [2.05, 4.69) is 29.2 Å². The summed E-state index contributed by atoms with van der Waals surface area (Å²) in [4.78, 5) is 34.0. The Kier molecular flexibility index (Phi) is 10.0. The zero-order chi connectivity index (χ0) is 30.2. The fourth-order valence-corrected chi connectivity index (χ4v) is 5.84. The highest BCUT2D eigenvalue weighted by molar-refractivity contribution is 6.07. The van der Waals surface area contributed by atoms with Gasteiger partial charge in [0, 0.05) is 44.8 Å². The quantitative estimate of drug-likeness (QED) is 0.258. The lowest BCUT2D eigenvalue weighted by Gasteiger charge is -2.33. The summed E-state index contributed by atoms with van der Waals surface area (Å²) in [5, 5.41) is 0. The van der Waals surface area contributed by atoms with E-state index in [1.165, 1.54) is 17.7 Å². The highest BCUT2D eigenvalue weighted by Crippen LogP contribution is 2.29. The average molecular weight is 578 g/mol. The smallest absolute Gasteiger partial charge is 0.258 e. The van der Waals surface area contributed by atoms with Crippen molar-refractivity contribution in [1.82, 2.24) is 9.80 Å². The van der Waals surface area contributed by atoms with Gasteiger partial charge in [0.05, 0.1) is 12.1 Å². The second-order valence-corrected chi connectivity index (χ2v) is 11.5. The molecule has 43 heavy (non-hydrogen) atoms. The molecule has 222 valence electrons. The van der Waals surface area contributed by atoms with Gasteiger partial charge in [-0.3, -0.25) is 14.5 Å². The minimum atomic E-state index is -0.374. The van der Waals surface area contributed by atoms with Crippen molar-refractivity contribution in [3.8, 4) is 0 Å². The standard InChI is InChI=1S/C37H40FN3O2/c1-28-13-15-30(16-14-28)25-35(42)40-23-7-21-39(26-31-10-4-3-5-11-31)22-8-24-41(36-29(2)9-6-12-33(36)27-40)37(43)32-17-19-34(38)20-18-32/h3-6,9-20H,7-8,21-27H2,1-2H3. The molecule has 6 heteroatoms.